The van der Waals surface area contributed by atoms with Gasteiger partial charge in [-0.05, 0) is 45.6 Å². The summed E-state index contributed by atoms with van der Waals surface area (Å²) >= 11 is 15.9. The van der Waals surface area contributed by atoms with Crippen LogP contribution in [0.2, 0.25) is 10.0 Å². The molecule has 0 bridgehead atoms. The first-order valence-corrected chi connectivity index (χ1v) is 12.6. The van der Waals surface area contributed by atoms with Crippen LogP contribution >= 0.6 is 46.5 Å². The fourth-order valence-corrected chi connectivity index (χ4v) is 5.28. The van der Waals surface area contributed by atoms with Crippen LogP contribution in [0.15, 0.2) is 24.8 Å². The lowest BCUT2D eigenvalue weighted by atomic mass is 9.85. The molecule has 0 saturated carbocycles. The molecule has 1 aliphatic heterocycles. The molecule has 31 heavy (non-hydrogen) atoms. The first-order valence-electron chi connectivity index (χ1n) is 10.2. The van der Waals surface area contributed by atoms with Crippen LogP contribution in [0.1, 0.15) is 45.2 Å². The number of nitrogen functional groups attached to an aromatic ring is 1. The number of halogens is 2. The van der Waals surface area contributed by atoms with E-state index in [2.05, 4.69) is 47.2 Å². The summed E-state index contributed by atoms with van der Waals surface area (Å²) in [4.78, 5) is 2.25. The molecule has 1 atom stereocenters. The molecule has 0 radical (unpaired) electrons. The van der Waals surface area contributed by atoms with Crippen molar-refractivity contribution in [3.8, 4) is 5.75 Å². The van der Waals surface area contributed by atoms with Crippen molar-refractivity contribution < 1.29 is 4.74 Å². The zero-order valence-electron chi connectivity index (χ0n) is 18.0. The highest BCUT2D eigenvalue weighted by Gasteiger charge is 2.32. The highest BCUT2D eigenvalue weighted by Crippen LogP contribution is 2.42. The van der Waals surface area contributed by atoms with E-state index in [0.29, 0.717) is 27.7 Å². The van der Waals surface area contributed by atoms with E-state index in [1.54, 1.807) is 24.1 Å². The smallest absolute Gasteiger partial charge is 0.209 e. The van der Waals surface area contributed by atoms with E-state index in [1.807, 2.05) is 6.07 Å². The molecule has 1 saturated heterocycles. The van der Waals surface area contributed by atoms with Gasteiger partial charge in [0.2, 0.25) is 10.3 Å². The van der Waals surface area contributed by atoms with Crippen molar-refractivity contribution in [3.05, 3.63) is 40.4 Å². The average molecular weight is 503 g/mol. The van der Waals surface area contributed by atoms with E-state index in [4.69, 9.17) is 33.7 Å². The number of hydrogen-bond acceptors (Lipinski definition) is 8. The molecule has 1 aromatic carbocycles. The fraction of sp³-hybridized carbons (Fsp3) is 0.524. The number of hydrogen-bond donors (Lipinski definition) is 2. The Morgan fingerprint density at radius 1 is 1.32 bits per heavy atom. The van der Waals surface area contributed by atoms with E-state index >= 15 is 0 Å². The minimum atomic E-state index is 0.0560. The van der Waals surface area contributed by atoms with Gasteiger partial charge in [0.1, 0.15) is 12.4 Å². The lowest BCUT2D eigenvalue weighted by Crippen LogP contribution is -2.38. The Kier molecular flexibility index (Phi) is 8.37. The molecule has 3 N–H and O–H groups in total. The van der Waals surface area contributed by atoms with Crippen LogP contribution in [0.4, 0.5) is 10.3 Å². The average Bonchev–Trinajstić information content (AvgIpc) is 3.15. The molecular weight excluding hydrogens is 473 g/mol. The van der Waals surface area contributed by atoms with E-state index in [-0.39, 0.29) is 10.8 Å². The summed E-state index contributed by atoms with van der Waals surface area (Å²) in [5.41, 5.74) is 6.78. The Morgan fingerprint density at radius 3 is 2.58 bits per heavy atom. The van der Waals surface area contributed by atoms with Gasteiger partial charge in [-0.3, -0.25) is 4.72 Å². The predicted octanol–water partition coefficient (Wildman–Crippen LogP) is 5.99. The number of piperidine rings is 1. The second-order valence-electron chi connectivity index (χ2n) is 8.46. The van der Waals surface area contributed by atoms with E-state index in [9.17, 15) is 0 Å². The van der Waals surface area contributed by atoms with Gasteiger partial charge in [0, 0.05) is 35.5 Å². The topological polar surface area (TPSA) is 76.3 Å². The predicted molar refractivity (Wildman–Crippen MR) is 135 cm³/mol. The normalized spacial score (nSPS) is 16.4. The number of aromatic nitrogens is 2. The van der Waals surface area contributed by atoms with Gasteiger partial charge in [0.15, 0.2) is 0 Å². The number of benzene rings is 1. The first-order chi connectivity index (χ1) is 14.7. The van der Waals surface area contributed by atoms with Crippen molar-refractivity contribution in [2.75, 3.05) is 30.3 Å². The van der Waals surface area contributed by atoms with Crippen molar-refractivity contribution >= 4 is 56.7 Å². The van der Waals surface area contributed by atoms with Gasteiger partial charge in [0.25, 0.3) is 0 Å². The summed E-state index contributed by atoms with van der Waals surface area (Å²) in [7, 11) is 0. The standard InChI is InChI=1S/C21H29Cl2N5OS2/c1-5-10-29-17-12-16(23)15(22)11-14(17)18(27-31-21(2,3)4)13-6-8-28(9-7-13)20-26-25-19(24)30-20/h5,11-13,18,27H,1,6-10H2,2-4H3,(H2,24,25). The van der Waals surface area contributed by atoms with E-state index < -0.39 is 0 Å². The number of rotatable bonds is 8. The lowest BCUT2D eigenvalue weighted by Gasteiger charge is -2.37. The lowest BCUT2D eigenvalue weighted by molar-refractivity contribution is 0.311. The fourth-order valence-electron chi connectivity index (χ4n) is 3.49. The Bertz CT molecular complexity index is 894. The molecule has 10 heteroatoms. The molecule has 1 fully saturated rings. The first kappa shape index (κ1) is 24.5. The maximum atomic E-state index is 6.42. The second-order valence-corrected chi connectivity index (χ2v) is 11.9. The summed E-state index contributed by atoms with van der Waals surface area (Å²) in [6.07, 6.45) is 3.71. The molecule has 2 aromatic rings. The third kappa shape index (κ3) is 6.65. The van der Waals surface area contributed by atoms with Gasteiger partial charge in [0.05, 0.1) is 10.0 Å². The minimum absolute atomic E-state index is 0.0560. The number of nitrogens with one attached hydrogen (secondary N) is 1. The third-order valence-electron chi connectivity index (χ3n) is 4.95. The van der Waals surface area contributed by atoms with Gasteiger partial charge in [-0.2, -0.15) is 0 Å². The Labute approximate surface area is 202 Å². The Balaban J connectivity index is 1.85. The van der Waals surface area contributed by atoms with Gasteiger partial charge >= 0.3 is 0 Å². The van der Waals surface area contributed by atoms with E-state index in [1.165, 1.54) is 11.3 Å². The largest absolute Gasteiger partial charge is 0.489 e. The summed E-state index contributed by atoms with van der Waals surface area (Å²) in [6.45, 7) is 12.5. The minimum Gasteiger partial charge on any atom is -0.489 e. The molecular formula is C21H29Cl2N5OS2. The molecule has 0 amide bonds. The maximum Gasteiger partial charge on any atom is 0.209 e. The summed E-state index contributed by atoms with van der Waals surface area (Å²) in [6, 6.07) is 3.79. The number of anilines is 2. The molecule has 3 rings (SSSR count). The SMILES string of the molecule is C=CCOc1cc(Cl)c(Cl)cc1C(NSC(C)(C)C)C1CCN(c2nnc(N)s2)CC1. The van der Waals surface area contributed by atoms with E-state index in [0.717, 1.165) is 42.4 Å². The van der Waals surface area contributed by atoms with Crippen molar-refractivity contribution in [1.29, 1.82) is 0 Å². The van der Waals surface area contributed by atoms with Crippen LogP contribution in [-0.4, -0.2) is 34.6 Å². The van der Waals surface area contributed by atoms with Gasteiger partial charge in [-0.25, -0.2) is 0 Å². The second kappa shape index (κ2) is 10.6. The molecule has 1 aliphatic rings. The molecule has 2 heterocycles. The van der Waals surface area contributed by atoms with Gasteiger partial charge in [-0.15, -0.1) is 10.2 Å². The van der Waals surface area contributed by atoms with Crippen LogP contribution in [0.5, 0.6) is 5.75 Å². The van der Waals surface area contributed by atoms with Crippen LogP contribution in [0.3, 0.4) is 0 Å². The summed E-state index contributed by atoms with van der Waals surface area (Å²) in [5, 5.41) is 10.5. The zero-order valence-corrected chi connectivity index (χ0v) is 21.2. The van der Waals surface area contributed by atoms with Crippen LogP contribution in [0.25, 0.3) is 0 Å². The third-order valence-corrected chi connectivity index (χ3v) is 7.47. The zero-order chi connectivity index (χ0) is 22.6. The van der Waals surface area contributed by atoms with Crippen molar-refractivity contribution in [3.63, 3.8) is 0 Å². The highest BCUT2D eigenvalue weighted by atomic mass is 35.5. The highest BCUT2D eigenvalue weighted by molar-refractivity contribution is 7.98. The van der Waals surface area contributed by atoms with Crippen molar-refractivity contribution in [1.82, 2.24) is 14.9 Å². The Morgan fingerprint density at radius 2 is 2.00 bits per heavy atom. The Hall–Kier alpha value is -1.19. The van der Waals surface area contributed by atoms with Crippen LogP contribution < -0.4 is 20.1 Å². The molecule has 0 spiro atoms. The quantitative estimate of drug-likeness (QED) is 0.339. The van der Waals surface area contributed by atoms with Crippen molar-refractivity contribution in [2.24, 2.45) is 5.92 Å². The number of nitrogens with zero attached hydrogens (tertiary/aromatic N) is 3. The number of ether oxygens (including phenoxy) is 1. The van der Waals surface area contributed by atoms with Crippen molar-refractivity contribution in [2.45, 2.75) is 44.4 Å². The summed E-state index contributed by atoms with van der Waals surface area (Å²) in [5.74, 6) is 1.13. The van der Waals surface area contributed by atoms with Gasteiger partial charge < -0.3 is 15.4 Å². The monoisotopic (exact) mass is 501 g/mol. The van der Waals surface area contributed by atoms with Crippen LogP contribution in [-0.2, 0) is 0 Å². The number of nitrogens with two attached hydrogens (primary N) is 1. The molecule has 6 nitrogen and oxygen atoms in total. The molecule has 1 unspecified atom stereocenters. The molecule has 1 aromatic heterocycles. The van der Waals surface area contributed by atoms with Crippen LogP contribution in [0, 0.1) is 5.92 Å². The molecule has 0 aliphatic carbocycles. The molecule has 170 valence electrons. The van der Waals surface area contributed by atoms with Gasteiger partial charge in [-0.1, -0.05) is 59.1 Å². The summed E-state index contributed by atoms with van der Waals surface area (Å²) < 4.78 is 9.74. The maximum absolute atomic E-state index is 6.42.